The van der Waals surface area contributed by atoms with E-state index in [4.69, 9.17) is 9.72 Å². The molecule has 0 amide bonds. The van der Waals surface area contributed by atoms with Crippen LogP contribution in [0.3, 0.4) is 0 Å². The zero-order chi connectivity index (χ0) is 23.4. The first-order valence-electron chi connectivity index (χ1n) is 11.2. The van der Waals surface area contributed by atoms with Crippen molar-refractivity contribution in [3.63, 3.8) is 0 Å². The Morgan fingerprint density at radius 2 is 1.88 bits per heavy atom. The molecule has 34 heavy (non-hydrogen) atoms. The van der Waals surface area contributed by atoms with Crippen molar-refractivity contribution >= 4 is 27.2 Å². The molecule has 6 nitrogen and oxygen atoms in total. The van der Waals surface area contributed by atoms with E-state index in [1.54, 1.807) is 22.8 Å². The van der Waals surface area contributed by atoms with Crippen molar-refractivity contribution in [2.75, 3.05) is 0 Å². The van der Waals surface area contributed by atoms with Gasteiger partial charge in [0.25, 0.3) is 0 Å². The first-order chi connectivity index (χ1) is 16.4. The van der Waals surface area contributed by atoms with Gasteiger partial charge in [-0.15, -0.1) is 16.4 Å². The molecule has 3 aromatic heterocycles. The van der Waals surface area contributed by atoms with Crippen LogP contribution in [0.15, 0.2) is 59.4 Å². The molecule has 0 saturated heterocycles. The van der Waals surface area contributed by atoms with Crippen LogP contribution in [0.25, 0.3) is 15.9 Å². The second-order valence-corrected chi connectivity index (χ2v) is 10.4. The Kier molecular flexibility index (Phi) is 4.89. The molecule has 1 aliphatic rings. The van der Waals surface area contributed by atoms with Crippen LogP contribution in [0.2, 0.25) is 0 Å². The van der Waals surface area contributed by atoms with Crippen LogP contribution in [-0.4, -0.2) is 24.8 Å². The Morgan fingerprint density at radius 1 is 1.12 bits per heavy atom. The molecule has 0 fully saturated rings. The van der Waals surface area contributed by atoms with Crippen molar-refractivity contribution in [1.29, 1.82) is 0 Å². The Morgan fingerprint density at radius 3 is 2.68 bits per heavy atom. The van der Waals surface area contributed by atoms with Gasteiger partial charge in [0, 0.05) is 23.3 Å². The lowest BCUT2D eigenvalue weighted by Crippen LogP contribution is -2.31. The highest BCUT2D eigenvalue weighted by atomic mass is 32.1. The van der Waals surface area contributed by atoms with Crippen LogP contribution >= 0.6 is 11.3 Å². The molecule has 0 N–H and O–H groups in total. The Hall–Kier alpha value is -3.36. The number of fused-ring (bicyclic) bond motifs is 5. The first kappa shape index (κ1) is 21.2. The number of rotatable bonds is 4. The normalized spacial score (nSPS) is 15.1. The molecule has 0 bridgehead atoms. The summed E-state index contributed by atoms with van der Waals surface area (Å²) in [6, 6.07) is 16.5. The van der Waals surface area contributed by atoms with Gasteiger partial charge in [0.1, 0.15) is 10.6 Å². The molecule has 5 aromatic rings. The highest BCUT2D eigenvalue weighted by Gasteiger charge is 2.32. The zero-order valence-electron chi connectivity index (χ0n) is 18.9. The van der Waals surface area contributed by atoms with Gasteiger partial charge in [0.2, 0.25) is 0 Å². The third-order valence-corrected chi connectivity index (χ3v) is 7.52. The minimum absolute atomic E-state index is 0.121. The summed E-state index contributed by atoms with van der Waals surface area (Å²) < 4.78 is 23.6. The van der Waals surface area contributed by atoms with Gasteiger partial charge in [-0.3, -0.25) is 4.57 Å². The average molecular weight is 475 g/mol. The van der Waals surface area contributed by atoms with Crippen LogP contribution in [0, 0.1) is 5.82 Å². The fourth-order valence-corrected chi connectivity index (χ4v) is 5.82. The van der Waals surface area contributed by atoms with Crippen LogP contribution in [0.5, 0.6) is 0 Å². The van der Waals surface area contributed by atoms with Crippen molar-refractivity contribution in [1.82, 2.24) is 19.2 Å². The summed E-state index contributed by atoms with van der Waals surface area (Å²) in [7, 11) is 0. The lowest BCUT2D eigenvalue weighted by Gasteiger charge is -2.30. The van der Waals surface area contributed by atoms with Gasteiger partial charge in [0.15, 0.2) is 11.5 Å². The summed E-state index contributed by atoms with van der Waals surface area (Å²) in [5, 5.41) is 5.51. The maximum Gasteiger partial charge on any atom is 0.352 e. The van der Waals surface area contributed by atoms with Crippen LogP contribution in [0.4, 0.5) is 4.39 Å². The number of ether oxygens (including phenoxy) is 1. The third-order valence-electron chi connectivity index (χ3n) is 6.29. The molecule has 6 rings (SSSR count). The highest BCUT2D eigenvalue weighted by Crippen LogP contribution is 2.40. The van der Waals surface area contributed by atoms with Crippen molar-refractivity contribution < 1.29 is 9.13 Å². The van der Waals surface area contributed by atoms with E-state index in [1.165, 1.54) is 21.9 Å². The SMILES string of the molecule is CC1(C)Cc2c(sc3c2c2nc(Cc4ccccc4)nn2c(=O)n3Cc2ccccc2F)CO1. The van der Waals surface area contributed by atoms with Gasteiger partial charge in [-0.2, -0.15) is 4.52 Å². The summed E-state index contributed by atoms with van der Waals surface area (Å²) in [6.07, 6.45) is 1.23. The van der Waals surface area contributed by atoms with Crippen molar-refractivity contribution in [3.05, 3.63) is 98.3 Å². The highest BCUT2D eigenvalue weighted by molar-refractivity contribution is 7.19. The van der Waals surface area contributed by atoms with Gasteiger partial charge >= 0.3 is 5.69 Å². The average Bonchev–Trinajstić information content (AvgIpc) is 3.39. The van der Waals surface area contributed by atoms with Gasteiger partial charge in [0.05, 0.1) is 24.1 Å². The zero-order valence-corrected chi connectivity index (χ0v) is 19.7. The molecule has 0 unspecified atom stereocenters. The molecular weight excluding hydrogens is 451 g/mol. The van der Waals surface area contributed by atoms with Gasteiger partial charge in [-0.05, 0) is 31.0 Å². The lowest BCUT2D eigenvalue weighted by atomic mass is 9.94. The molecule has 0 radical (unpaired) electrons. The van der Waals surface area contributed by atoms with E-state index in [0.29, 0.717) is 36.5 Å². The molecule has 2 aromatic carbocycles. The predicted molar refractivity (Wildman–Crippen MR) is 130 cm³/mol. The van der Waals surface area contributed by atoms with E-state index < -0.39 is 0 Å². The van der Waals surface area contributed by atoms with Crippen LogP contribution in [-0.2, 0) is 30.7 Å². The summed E-state index contributed by atoms with van der Waals surface area (Å²) in [6.45, 7) is 4.73. The topological polar surface area (TPSA) is 61.4 Å². The number of hydrogen-bond donors (Lipinski definition) is 0. The van der Waals surface area contributed by atoms with E-state index >= 15 is 0 Å². The van der Waals surface area contributed by atoms with Gasteiger partial charge in [-0.25, -0.2) is 14.2 Å². The molecule has 0 spiro atoms. The maximum absolute atomic E-state index is 14.5. The smallest absolute Gasteiger partial charge is 0.352 e. The molecule has 1 aliphatic heterocycles. The largest absolute Gasteiger partial charge is 0.370 e. The van der Waals surface area contributed by atoms with Crippen molar-refractivity contribution in [2.45, 2.75) is 45.4 Å². The number of benzene rings is 2. The molecule has 0 saturated carbocycles. The van der Waals surface area contributed by atoms with Crippen LogP contribution < -0.4 is 5.69 Å². The van der Waals surface area contributed by atoms with Gasteiger partial charge in [-0.1, -0.05) is 48.5 Å². The fraction of sp³-hybridized carbons (Fsp3) is 0.269. The fourth-order valence-electron chi connectivity index (χ4n) is 4.60. The summed E-state index contributed by atoms with van der Waals surface area (Å²) in [5.74, 6) is 0.247. The van der Waals surface area contributed by atoms with Gasteiger partial charge < -0.3 is 4.74 Å². The maximum atomic E-state index is 14.5. The minimum atomic E-state index is -0.336. The summed E-state index contributed by atoms with van der Waals surface area (Å²) in [5.41, 5.74) is 2.59. The van der Waals surface area contributed by atoms with Crippen LogP contribution in [0.1, 0.15) is 41.2 Å². The Balaban J connectivity index is 1.60. The lowest BCUT2D eigenvalue weighted by molar-refractivity contribution is -0.0379. The quantitative estimate of drug-likeness (QED) is 0.378. The minimum Gasteiger partial charge on any atom is -0.370 e. The molecule has 172 valence electrons. The first-order valence-corrected chi connectivity index (χ1v) is 12.1. The van der Waals surface area contributed by atoms with E-state index in [1.807, 2.05) is 30.3 Å². The van der Waals surface area contributed by atoms with Crippen molar-refractivity contribution in [3.8, 4) is 0 Å². The van der Waals surface area contributed by atoms with E-state index in [9.17, 15) is 9.18 Å². The van der Waals surface area contributed by atoms with E-state index in [-0.39, 0.29) is 23.7 Å². The number of thiophene rings is 1. The number of halogens is 1. The number of hydrogen-bond acceptors (Lipinski definition) is 5. The van der Waals surface area contributed by atoms with Crippen molar-refractivity contribution in [2.24, 2.45) is 0 Å². The molecule has 0 atom stereocenters. The Labute approximate surface area is 199 Å². The van der Waals surface area contributed by atoms with E-state index in [2.05, 4.69) is 18.9 Å². The third kappa shape index (κ3) is 3.54. The molecule has 4 heterocycles. The molecule has 8 heteroatoms. The molecular formula is C26H23FN4O2S. The standard InChI is InChI=1S/C26H23FN4O2S/c1-26(2)13-18-20(15-33-26)34-24-22(18)23-28-21(12-16-8-4-3-5-9-16)29-31(23)25(32)30(24)14-17-10-6-7-11-19(17)27/h3-11H,12-15H2,1-2H3. The predicted octanol–water partition coefficient (Wildman–Crippen LogP) is 4.74. The summed E-state index contributed by atoms with van der Waals surface area (Å²) >= 11 is 1.53. The summed E-state index contributed by atoms with van der Waals surface area (Å²) in [4.78, 5) is 20.3. The monoisotopic (exact) mass is 474 g/mol. The second kappa shape index (κ2) is 7.85. The molecule has 0 aliphatic carbocycles. The number of aromatic nitrogens is 4. The Bertz CT molecular complexity index is 1600. The number of nitrogens with zero attached hydrogens (tertiary/aromatic N) is 4. The van der Waals surface area contributed by atoms with E-state index in [0.717, 1.165) is 26.2 Å². The second-order valence-electron chi connectivity index (χ2n) is 9.30.